The van der Waals surface area contributed by atoms with Gasteiger partial charge in [-0.15, -0.1) is 0 Å². The van der Waals surface area contributed by atoms with Crippen LogP contribution in [0.5, 0.6) is 11.5 Å². The van der Waals surface area contributed by atoms with Crippen molar-refractivity contribution in [1.29, 1.82) is 0 Å². The normalized spacial score (nSPS) is 16.6. The second-order valence-corrected chi connectivity index (χ2v) is 10.2. The maximum atomic E-state index is 6.59. The number of hydrogen-bond donors (Lipinski definition) is 2. The van der Waals surface area contributed by atoms with Crippen LogP contribution in [0.2, 0.25) is 5.02 Å². The molecule has 2 N–H and O–H groups in total. The Labute approximate surface area is 227 Å². The van der Waals surface area contributed by atoms with Gasteiger partial charge in [0.1, 0.15) is 11.5 Å². The zero-order chi connectivity index (χ0) is 25.9. The summed E-state index contributed by atoms with van der Waals surface area (Å²) in [5.41, 5.74) is 5.65. The van der Waals surface area contributed by atoms with Crippen LogP contribution in [0, 0.1) is 6.92 Å². The third-order valence-electron chi connectivity index (χ3n) is 7.12. The van der Waals surface area contributed by atoms with Crippen molar-refractivity contribution in [3.63, 3.8) is 0 Å². The van der Waals surface area contributed by atoms with Gasteiger partial charge in [-0.1, -0.05) is 11.6 Å². The first-order chi connectivity index (χ1) is 18.7. The molecular weight excluding hydrogens is 502 g/mol. The van der Waals surface area contributed by atoms with Crippen LogP contribution in [0.15, 0.2) is 42.7 Å². The first-order valence-electron chi connectivity index (χ1n) is 13.3. The highest BCUT2D eigenvalue weighted by molar-refractivity contribution is 6.33. The van der Waals surface area contributed by atoms with Crippen molar-refractivity contribution in [3.8, 4) is 22.8 Å². The van der Waals surface area contributed by atoms with E-state index in [1.165, 1.54) is 0 Å². The highest BCUT2D eigenvalue weighted by Crippen LogP contribution is 2.37. The Bertz CT molecular complexity index is 1430. The fraction of sp³-hybridized carbons (Fsp3) is 0.379. The highest BCUT2D eigenvalue weighted by Gasteiger charge is 2.19. The number of fused-ring (bicyclic) bond motifs is 8. The molecule has 7 rings (SSSR count). The maximum absolute atomic E-state index is 6.59. The van der Waals surface area contributed by atoms with Crippen molar-refractivity contribution in [1.82, 2.24) is 15.0 Å². The van der Waals surface area contributed by atoms with Gasteiger partial charge in [0.05, 0.1) is 49.0 Å². The minimum atomic E-state index is 0.473. The summed E-state index contributed by atoms with van der Waals surface area (Å²) in [5.74, 6) is 2.18. The summed E-state index contributed by atoms with van der Waals surface area (Å²) in [6.45, 7) is 6.57. The van der Waals surface area contributed by atoms with Gasteiger partial charge in [0, 0.05) is 53.6 Å². The Morgan fingerprint density at radius 3 is 2.61 bits per heavy atom. The van der Waals surface area contributed by atoms with Crippen molar-refractivity contribution >= 4 is 39.8 Å². The third-order valence-corrected chi connectivity index (χ3v) is 7.40. The number of morpholine rings is 1. The third kappa shape index (κ3) is 5.24. The summed E-state index contributed by atoms with van der Waals surface area (Å²) in [4.78, 5) is 15.0. The van der Waals surface area contributed by atoms with E-state index in [2.05, 4.69) is 45.3 Å². The van der Waals surface area contributed by atoms with E-state index in [0.29, 0.717) is 29.9 Å². The summed E-state index contributed by atoms with van der Waals surface area (Å²) in [6, 6.07) is 10.3. The number of rotatable bonds is 1. The predicted octanol–water partition coefficient (Wildman–Crippen LogP) is 6.50. The number of anilines is 3. The number of ether oxygens (including phenoxy) is 3. The Kier molecular flexibility index (Phi) is 7.25. The lowest BCUT2D eigenvalue weighted by atomic mass is 10.1. The van der Waals surface area contributed by atoms with Gasteiger partial charge >= 0.3 is 0 Å². The van der Waals surface area contributed by atoms with E-state index in [1.54, 1.807) is 6.20 Å². The highest BCUT2D eigenvalue weighted by atomic mass is 35.5. The van der Waals surface area contributed by atoms with E-state index < -0.39 is 0 Å². The molecule has 38 heavy (non-hydrogen) atoms. The zero-order valence-electron chi connectivity index (χ0n) is 21.6. The van der Waals surface area contributed by atoms with Gasteiger partial charge in [-0.05, 0) is 56.4 Å². The van der Waals surface area contributed by atoms with Crippen molar-refractivity contribution in [2.75, 3.05) is 49.7 Å². The van der Waals surface area contributed by atoms with Crippen molar-refractivity contribution in [2.45, 2.75) is 32.6 Å². The van der Waals surface area contributed by atoms with Gasteiger partial charge in [-0.25, -0.2) is 9.97 Å². The Balaban J connectivity index is 1.39. The van der Waals surface area contributed by atoms with Crippen molar-refractivity contribution < 1.29 is 14.2 Å². The van der Waals surface area contributed by atoms with Crippen LogP contribution in [0.1, 0.15) is 31.2 Å². The van der Waals surface area contributed by atoms with E-state index in [1.807, 2.05) is 18.3 Å². The van der Waals surface area contributed by atoms with Gasteiger partial charge in [0.15, 0.2) is 0 Å². The van der Waals surface area contributed by atoms with E-state index in [9.17, 15) is 0 Å². The van der Waals surface area contributed by atoms with Crippen LogP contribution in [-0.4, -0.2) is 54.5 Å². The number of aryl methyl sites for hydroxylation is 1. The van der Waals surface area contributed by atoms with Gasteiger partial charge < -0.3 is 29.4 Å². The Morgan fingerprint density at radius 2 is 1.76 bits per heavy atom. The summed E-state index contributed by atoms with van der Waals surface area (Å²) in [5, 5.41) is 4.93. The van der Waals surface area contributed by atoms with Gasteiger partial charge in [0.25, 0.3) is 0 Å². The molecule has 0 unspecified atom stereocenters. The minimum absolute atomic E-state index is 0.473. The second kappa shape index (κ2) is 11.1. The molecule has 9 heteroatoms. The number of nitrogens with one attached hydrogen (secondary N) is 2. The quantitative estimate of drug-likeness (QED) is 0.289. The van der Waals surface area contributed by atoms with E-state index in [0.717, 1.165) is 96.9 Å². The number of nitrogens with zero attached hydrogens (tertiary/aromatic N) is 3. The van der Waals surface area contributed by atoms with Crippen molar-refractivity contribution in [2.24, 2.45) is 0 Å². The smallest absolute Gasteiger partial charge is 0.227 e. The number of aromatic nitrogens is 3. The molecule has 5 heterocycles. The molecule has 8 nitrogen and oxygen atoms in total. The first-order valence-corrected chi connectivity index (χ1v) is 13.7. The number of aromatic amines is 1. The van der Waals surface area contributed by atoms with Gasteiger partial charge in [-0.2, -0.15) is 0 Å². The molecule has 198 valence electrons. The van der Waals surface area contributed by atoms with Gasteiger partial charge in [-0.3, -0.25) is 0 Å². The molecule has 0 radical (unpaired) electrons. The molecular formula is C29H32ClN5O3. The lowest BCUT2D eigenvalue weighted by molar-refractivity contribution is 0.122. The molecule has 1 fully saturated rings. The van der Waals surface area contributed by atoms with Crippen LogP contribution < -0.4 is 19.7 Å². The average molecular weight is 534 g/mol. The van der Waals surface area contributed by atoms with Crippen LogP contribution in [-0.2, 0) is 4.74 Å². The standard InChI is InChI=1S/C29H32ClN5O3/c1-19-14-26(35-8-12-36-13-9-35)27-16-24(19)33-29-32-18-23(30)28(34-29)22-17-31-25-15-20(6-7-21(22)25)37-10-4-2-3-5-11-38-27/h6-7,14-18,31H,2-5,8-13H2,1H3,(H,32,33,34). The fourth-order valence-electron chi connectivity index (χ4n) is 5.03. The Hall–Kier alpha value is -3.49. The number of benzene rings is 2. The number of H-pyrrole nitrogens is 1. The SMILES string of the molecule is Cc1cc(N2CCOCC2)c2cc1Nc1ncc(Cl)c(n1)-c1c[nH]c3cc(ccc13)OCCCCCCO2. The average Bonchev–Trinajstić information content (AvgIpc) is 3.35. The molecule has 0 amide bonds. The molecule has 3 aliphatic heterocycles. The van der Waals surface area contributed by atoms with Gasteiger partial charge in [0.2, 0.25) is 5.95 Å². The van der Waals surface area contributed by atoms with E-state index in [-0.39, 0.29) is 0 Å². The zero-order valence-corrected chi connectivity index (χ0v) is 22.3. The molecule has 0 saturated carbocycles. The van der Waals surface area contributed by atoms with Crippen molar-refractivity contribution in [3.05, 3.63) is 53.3 Å². The molecule has 1 saturated heterocycles. The molecule has 8 bridgehead atoms. The van der Waals surface area contributed by atoms with Crippen LogP contribution in [0.3, 0.4) is 0 Å². The molecule has 2 aromatic heterocycles. The molecule has 3 aliphatic rings. The summed E-state index contributed by atoms with van der Waals surface area (Å²) >= 11 is 6.59. The molecule has 0 spiro atoms. The number of halogens is 1. The first kappa shape index (κ1) is 24.8. The fourth-order valence-corrected chi connectivity index (χ4v) is 5.22. The maximum Gasteiger partial charge on any atom is 0.227 e. The van der Waals surface area contributed by atoms with Crippen LogP contribution in [0.4, 0.5) is 17.3 Å². The Morgan fingerprint density at radius 1 is 0.947 bits per heavy atom. The predicted molar refractivity (Wildman–Crippen MR) is 151 cm³/mol. The molecule has 2 aromatic carbocycles. The summed E-state index contributed by atoms with van der Waals surface area (Å²) in [6.07, 6.45) is 7.76. The second-order valence-electron chi connectivity index (χ2n) is 9.77. The summed E-state index contributed by atoms with van der Waals surface area (Å²) in [7, 11) is 0. The molecule has 4 aromatic rings. The molecule has 0 atom stereocenters. The topological polar surface area (TPSA) is 84.5 Å². The van der Waals surface area contributed by atoms with E-state index >= 15 is 0 Å². The largest absolute Gasteiger partial charge is 0.494 e. The summed E-state index contributed by atoms with van der Waals surface area (Å²) < 4.78 is 18.0. The van der Waals surface area contributed by atoms with Crippen LogP contribution in [0.25, 0.3) is 22.2 Å². The monoisotopic (exact) mass is 533 g/mol. The minimum Gasteiger partial charge on any atom is -0.494 e. The van der Waals surface area contributed by atoms with E-state index in [4.69, 9.17) is 30.8 Å². The number of hydrogen-bond acceptors (Lipinski definition) is 7. The molecule has 0 aliphatic carbocycles. The van der Waals surface area contributed by atoms with Crippen LogP contribution >= 0.6 is 11.6 Å². The lowest BCUT2D eigenvalue weighted by Crippen LogP contribution is -2.36. The lowest BCUT2D eigenvalue weighted by Gasteiger charge is -2.31.